The second-order valence-corrected chi connectivity index (χ2v) is 4.80. The largest absolute Gasteiger partial charge is 0.325 e. The van der Waals surface area contributed by atoms with Crippen molar-refractivity contribution in [2.45, 2.75) is 19.3 Å². The van der Waals surface area contributed by atoms with Crippen LogP contribution in [0.25, 0.3) is 0 Å². The molecule has 2 aromatic rings. The van der Waals surface area contributed by atoms with E-state index in [2.05, 4.69) is 10.3 Å². The van der Waals surface area contributed by atoms with Crippen molar-refractivity contribution in [2.75, 3.05) is 5.32 Å². The lowest BCUT2D eigenvalue weighted by molar-refractivity contribution is 0.102. The first kappa shape index (κ1) is 12.6. The average Bonchev–Trinajstić information content (AvgIpc) is 2.87. The molecule has 1 amide bonds. The van der Waals surface area contributed by atoms with Crippen LogP contribution < -0.4 is 10.9 Å². The van der Waals surface area contributed by atoms with Crippen LogP contribution in [0.1, 0.15) is 28.0 Å². The van der Waals surface area contributed by atoms with Crippen molar-refractivity contribution in [3.63, 3.8) is 0 Å². The van der Waals surface area contributed by atoms with E-state index in [9.17, 15) is 14.0 Å². The number of hydrogen-bond donors (Lipinski definition) is 2. The highest BCUT2D eigenvalue weighted by Crippen LogP contribution is 2.19. The van der Waals surface area contributed by atoms with Crippen molar-refractivity contribution in [1.82, 2.24) is 4.98 Å². The summed E-state index contributed by atoms with van der Waals surface area (Å²) in [7, 11) is 0. The lowest BCUT2D eigenvalue weighted by atomic mass is 10.1. The van der Waals surface area contributed by atoms with E-state index in [1.54, 1.807) is 12.1 Å². The summed E-state index contributed by atoms with van der Waals surface area (Å²) in [4.78, 5) is 26.7. The van der Waals surface area contributed by atoms with Crippen molar-refractivity contribution < 1.29 is 9.18 Å². The fraction of sp³-hybridized carbons (Fsp3) is 0.200. The molecule has 1 aliphatic carbocycles. The van der Waals surface area contributed by atoms with Gasteiger partial charge in [0.15, 0.2) is 0 Å². The normalized spacial score (nSPS) is 13.1. The zero-order chi connectivity index (χ0) is 14.1. The van der Waals surface area contributed by atoms with Gasteiger partial charge in [0.1, 0.15) is 11.4 Å². The Morgan fingerprint density at radius 2 is 2.05 bits per heavy atom. The van der Waals surface area contributed by atoms with Gasteiger partial charge in [-0.15, -0.1) is 0 Å². The van der Waals surface area contributed by atoms with Crippen LogP contribution in [0.3, 0.4) is 0 Å². The van der Waals surface area contributed by atoms with E-state index in [4.69, 9.17) is 0 Å². The van der Waals surface area contributed by atoms with Gasteiger partial charge < -0.3 is 10.3 Å². The molecule has 4 nitrogen and oxygen atoms in total. The minimum absolute atomic E-state index is 0.0221. The number of aromatic nitrogens is 1. The van der Waals surface area contributed by atoms with Gasteiger partial charge in [0.2, 0.25) is 0 Å². The molecule has 0 aliphatic heterocycles. The van der Waals surface area contributed by atoms with Gasteiger partial charge in [0.25, 0.3) is 11.5 Å². The maximum absolute atomic E-state index is 13.5. The zero-order valence-electron chi connectivity index (χ0n) is 10.7. The van der Waals surface area contributed by atoms with Crippen LogP contribution >= 0.6 is 0 Å². The second kappa shape index (κ2) is 4.92. The van der Waals surface area contributed by atoms with Gasteiger partial charge in [-0.2, -0.15) is 0 Å². The fourth-order valence-corrected chi connectivity index (χ4v) is 2.43. The predicted octanol–water partition coefficient (Wildman–Crippen LogP) is 2.25. The Bertz CT molecular complexity index is 737. The molecular weight excluding hydrogens is 259 g/mol. The van der Waals surface area contributed by atoms with Crippen LogP contribution in [-0.4, -0.2) is 10.9 Å². The van der Waals surface area contributed by atoms with Crippen LogP contribution in [0.5, 0.6) is 0 Å². The molecule has 1 heterocycles. The minimum Gasteiger partial charge on any atom is -0.325 e. The average molecular weight is 272 g/mol. The highest BCUT2D eigenvalue weighted by molar-refractivity contribution is 6.04. The monoisotopic (exact) mass is 272 g/mol. The predicted molar refractivity (Wildman–Crippen MR) is 73.4 cm³/mol. The molecule has 0 saturated heterocycles. The third-order valence-corrected chi connectivity index (χ3v) is 3.45. The maximum Gasteiger partial charge on any atom is 0.261 e. The van der Waals surface area contributed by atoms with Gasteiger partial charge >= 0.3 is 0 Å². The molecule has 3 rings (SSSR count). The first-order valence-corrected chi connectivity index (χ1v) is 6.46. The van der Waals surface area contributed by atoms with Crippen molar-refractivity contribution >= 4 is 11.6 Å². The Morgan fingerprint density at radius 1 is 1.25 bits per heavy atom. The minimum atomic E-state index is -0.592. The number of halogens is 1. The number of fused-ring (bicyclic) bond motifs is 1. The molecule has 0 unspecified atom stereocenters. The number of amides is 1. The summed E-state index contributed by atoms with van der Waals surface area (Å²) in [6.07, 6.45) is 2.66. The first-order valence-electron chi connectivity index (χ1n) is 6.46. The van der Waals surface area contributed by atoms with E-state index in [0.717, 1.165) is 30.5 Å². The Morgan fingerprint density at radius 3 is 2.85 bits per heavy atom. The van der Waals surface area contributed by atoms with Crippen LogP contribution in [0, 0.1) is 5.82 Å². The molecule has 0 atom stereocenters. The van der Waals surface area contributed by atoms with Gasteiger partial charge in [0, 0.05) is 5.69 Å². The van der Waals surface area contributed by atoms with E-state index >= 15 is 0 Å². The molecule has 102 valence electrons. The third-order valence-electron chi connectivity index (χ3n) is 3.45. The Hall–Kier alpha value is -2.43. The van der Waals surface area contributed by atoms with Gasteiger partial charge in [-0.3, -0.25) is 9.59 Å². The number of carbonyl (C=O) groups excluding carboxylic acids is 1. The lowest BCUT2D eigenvalue weighted by Gasteiger charge is -2.07. The van der Waals surface area contributed by atoms with Gasteiger partial charge in [-0.25, -0.2) is 4.39 Å². The van der Waals surface area contributed by atoms with Crippen LogP contribution in [0.4, 0.5) is 10.1 Å². The number of nitrogens with one attached hydrogen (secondary N) is 2. The van der Waals surface area contributed by atoms with Crippen molar-refractivity contribution in [3.05, 3.63) is 63.3 Å². The molecule has 0 bridgehead atoms. The van der Waals surface area contributed by atoms with Crippen molar-refractivity contribution in [1.29, 1.82) is 0 Å². The smallest absolute Gasteiger partial charge is 0.261 e. The van der Waals surface area contributed by atoms with Crippen LogP contribution in [0.15, 0.2) is 35.1 Å². The summed E-state index contributed by atoms with van der Waals surface area (Å²) in [5, 5.41) is 2.42. The fourth-order valence-electron chi connectivity index (χ4n) is 2.43. The summed E-state index contributed by atoms with van der Waals surface area (Å²) >= 11 is 0. The zero-order valence-corrected chi connectivity index (χ0v) is 10.7. The number of anilines is 1. The number of rotatable bonds is 2. The Kier molecular flexibility index (Phi) is 3.10. The number of para-hydroxylation sites is 1. The third kappa shape index (κ3) is 2.22. The van der Waals surface area contributed by atoms with Gasteiger partial charge in [-0.05, 0) is 43.0 Å². The Balaban J connectivity index is 1.92. The highest BCUT2D eigenvalue weighted by Gasteiger charge is 2.18. The first-order chi connectivity index (χ1) is 9.65. The molecule has 2 N–H and O–H groups in total. The summed E-state index contributed by atoms with van der Waals surface area (Å²) < 4.78 is 13.5. The summed E-state index contributed by atoms with van der Waals surface area (Å²) in [6, 6.07) is 7.47. The van der Waals surface area contributed by atoms with E-state index in [0.29, 0.717) is 0 Å². The quantitative estimate of drug-likeness (QED) is 0.880. The summed E-state index contributed by atoms with van der Waals surface area (Å²) in [5.41, 5.74) is 1.55. The molecule has 5 heteroatoms. The molecule has 1 aromatic heterocycles. The highest BCUT2D eigenvalue weighted by atomic mass is 19.1. The number of hydrogen-bond acceptors (Lipinski definition) is 2. The molecule has 1 aromatic carbocycles. The van der Waals surface area contributed by atoms with E-state index in [-0.39, 0.29) is 11.3 Å². The number of aromatic amines is 1. The maximum atomic E-state index is 13.5. The van der Waals surface area contributed by atoms with Gasteiger partial charge in [0.05, 0.1) is 5.69 Å². The molecule has 0 fully saturated rings. The van der Waals surface area contributed by atoms with Crippen LogP contribution in [0.2, 0.25) is 0 Å². The molecule has 1 aliphatic rings. The SMILES string of the molecule is O=C(Nc1ccccc1F)c1cc2c([nH]c1=O)CCC2. The molecule has 20 heavy (non-hydrogen) atoms. The van der Waals surface area contributed by atoms with Gasteiger partial charge in [-0.1, -0.05) is 12.1 Å². The Labute approximate surface area is 114 Å². The number of benzene rings is 1. The topological polar surface area (TPSA) is 62.0 Å². The molecule has 0 radical (unpaired) electrons. The van der Waals surface area contributed by atoms with Crippen molar-refractivity contribution in [2.24, 2.45) is 0 Å². The number of carbonyl (C=O) groups is 1. The summed E-state index contributed by atoms with van der Waals surface area (Å²) in [5.74, 6) is -1.12. The molecule has 0 saturated carbocycles. The summed E-state index contributed by atoms with van der Waals surface area (Å²) in [6.45, 7) is 0. The number of pyridine rings is 1. The molecular formula is C15H13FN2O2. The van der Waals surface area contributed by atoms with E-state index in [1.165, 1.54) is 18.2 Å². The standard InChI is InChI=1S/C15H13FN2O2/c16-11-5-1-2-6-13(11)18-15(20)10-8-9-4-3-7-12(9)17-14(10)19/h1-2,5-6,8H,3-4,7H2,(H,17,19)(H,18,20). The van der Waals surface area contributed by atoms with Crippen LogP contribution in [-0.2, 0) is 12.8 Å². The van der Waals surface area contributed by atoms with E-state index < -0.39 is 17.3 Å². The van der Waals surface area contributed by atoms with Crippen molar-refractivity contribution in [3.8, 4) is 0 Å². The lowest BCUT2D eigenvalue weighted by Crippen LogP contribution is -2.24. The number of H-pyrrole nitrogens is 1. The second-order valence-electron chi connectivity index (χ2n) is 4.80. The van der Waals surface area contributed by atoms with E-state index in [1.807, 2.05) is 0 Å². The molecule has 0 spiro atoms. The number of aryl methyl sites for hydroxylation is 2.